The van der Waals surface area contributed by atoms with Gasteiger partial charge in [0.25, 0.3) is 0 Å². The number of anilines is 1. The summed E-state index contributed by atoms with van der Waals surface area (Å²) in [7, 11) is 1.31. The topological polar surface area (TPSA) is 111 Å². The van der Waals surface area contributed by atoms with Gasteiger partial charge in [-0.1, -0.05) is 84.9 Å². The molecule has 0 unspecified atom stereocenters. The summed E-state index contributed by atoms with van der Waals surface area (Å²) in [5.41, 5.74) is 2.95. The number of nitrogens with zero attached hydrogens (tertiary/aromatic N) is 2. The molecule has 3 atom stereocenters. The maximum absolute atomic E-state index is 14.5. The fraction of sp³-hybridized carbons (Fsp3) is 0.229. The largest absolute Gasteiger partial charge is 0.494 e. The van der Waals surface area contributed by atoms with Crippen LogP contribution in [0.5, 0.6) is 5.75 Å². The number of carbonyl (C=O) groups is 2. The number of amides is 1. The number of aliphatic hydroxyl groups excluding tert-OH is 1. The molecule has 0 aliphatic carbocycles. The first-order valence-corrected chi connectivity index (χ1v) is 14.4. The van der Waals surface area contributed by atoms with Gasteiger partial charge in [0.15, 0.2) is 17.6 Å². The number of halogens is 1. The number of rotatable bonds is 11. The monoisotopic (exact) mass is 595 g/mol. The van der Waals surface area contributed by atoms with Crippen molar-refractivity contribution >= 4 is 23.3 Å². The molecule has 4 aromatic rings. The number of methoxy groups -OCH3 is 1. The standard InChI is InChI=1S/C35H34FN3O5/c1-44-30-19-18-25(21-27(30)36)33(40)32(35(42)43)38-31(24-13-6-3-7-14-24)26-15-8-9-16-28(26)37-34(41)29-17-10-20-39(29)22-23-11-4-2-5-12-23/h2-9,11-16,18-19,21,29,32-33,40H,10,17,20,22H2,1H3,(H,37,41)(H,42,43)/t29-,32+,33-/m0/s1. The van der Waals surface area contributed by atoms with E-state index in [4.69, 9.17) is 4.74 Å². The molecule has 4 aromatic carbocycles. The Labute approximate surface area is 255 Å². The van der Waals surface area contributed by atoms with E-state index in [-0.39, 0.29) is 29.0 Å². The molecule has 0 saturated carbocycles. The molecule has 0 bridgehead atoms. The van der Waals surface area contributed by atoms with Crippen molar-refractivity contribution in [3.63, 3.8) is 0 Å². The van der Waals surface area contributed by atoms with Crippen LogP contribution in [0.15, 0.2) is 108 Å². The van der Waals surface area contributed by atoms with Crippen LogP contribution in [0.4, 0.5) is 10.1 Å². The SMILES string of the molecule is COc1ccc([C@H](O)[C@@H](N=C(c2ccccc2)c2ccccc2NC(=O)[C@@H]2CCCN2Cc2ccccc2)C(=O)O)cc1F. The number of benzene rings is 4. The zero-order valence-corrected chi connectivity index (χ0v) is 24.3. The summed E-state index contributed by atoms with van der Waals surface area (Å²) in [4.78, 5) is 32.9. The number of nitrogens with one attached hydrogen (secondary N) is 1. The van der Waals surface area contributed by atoms with Gasteiger partial charge in [-0.3, -0.25) is 14.7 Å². The summed E-state index contributed by atoms with van der Waals surface area (Å²) in [5, 5.41) is 24.4. The van der Waals surface area contributed by atoms with Crippen molar-refractivity contribution in [3.05, 3.63) is 131 Å². The molecule has 0 radical (unpaired) electrons. The molecule has 1 aliphatic heterocycles. The second-order valence-electron chi connectivity index (χ2n) is 10.6. The van der Waals surface area contributed by atoms with E-state index >= 15 is 0 Å². The van der Waals surface area contributed by atoms with Crippen LogP contribution >= 0.6 is 0 Å². The number of likely N-dealkylation sites (tertiary alicyclic amines) is 1. The van der Waals surface area contributed by atoms with Crippen molar-refractivity contribution in [1.82, 2.24) is 4.90 Å². The first-order valence-electron chi connectivity index (χ1n) is 14.4. The summed E-state index contributed by atoms with van der Waals surface area (Å²) in [6.07, 6.45) is -0.0574. The van der Waals surface area contributed by atoms with Crippen LogP contribution in [-0.2, 0) is 16.1 Å². The van der Waals surface area contributed by atoms with E-state index in [1.807, 2.05) is 36.4 Å². The molecule has 44 heavy (non-hydrogen) atoms. The predicted octanol–water partition coefficient (Wildman–Crippen LogP) is 5.46. The van der Waals surface area contributed by atoms with Crippen LogP contribution in [0, 0.1) is 5.82 Å². The van der Waals surface area contributed by atoms with Crippen LogP contribution in [0.3, 0.4) is 0 Å². The Bertz CT molecular complexity index is 1630. The summed E-state index contributed by atoms with van der Waals surface area (Å²) in [6, 6.07) is 27.7. The molecule has 1 aliphatic rings. The molecule has 0 aromatic heterocycles. The summed E-state index contributed by atoms with van der Waals surface area (Å²) < 4.78 is 19.4. The van der Waals surface area contributed by atoms with Gasteiger partial charge >= 0.3 is 5.97 Å². The average molecular weight is 596 g/mol. The highest BCUT2D eigenvalue weighted by Crippen LogP contribution is 2.29. The third-order valence-corrected chi connectivity index (χ3v) is 7.72. The maximum Gasteiger partial charge on any atom is 0.331 e. The van der Waals surface area contributed by atoms with Crippen LogP contribution < -0.4 is 10.1 Å². The Morgan fingerprint density at radius 1 is 1.00 bits per heavy atom. The zero-order valence-electron chi connectivity index (χ0n) is 24.3. The Morgan fingerprint density at radius 3 is 2.36 bits per heavy atom. The van der Waals surface area contributed by atoms with Gasteiger partial charge in [-0.05, 0) is 48.7 Å². The minimum absolute atomic E-state index is 0.0319. The van der Waals surface area contributed by atoms with Crippen LogP contribution in [-0.4, -0.2) is 58.4 Å². The van der Waals surface area contributed by atoms with Crippen molar-refractivity contribution in [2.75, 3.05) is 19.0 Å². The minimum atomic E-state index is -1.68. The molecule has 9 heteroatoms. The molecule has 1 saturated heterocycles. The van der Waals surface area contributed by atoms with Gasteiger partial charge in [0, 0.05) is 17.7 Å². The van der Waals surface area contributed by atoms with E-state index in [9.17, 15) is 24.2 Å². The Hall–Kier alpha value is -4.86. The van der Waals surface area contributed by atoms with Gasteiger partial charge in [-0.15, -0.1) is 0 Å². The fourth-order valence-electron chi connectivity index (χ4n) is 5.49. The zero-order chi connectivity index (χ0) is 31.1. The number of ether oxygens (including phenoxy) is 1. The van der Waals surface area contributed by atoms with Crippen molar-refractivity contribution < 1.29 is 28.9 Å². The lowest BCUT2D eigenvalue weighted by Gasteiger charge is -2.24. The van der Waals surface area contributed by atoms with E-state index in [1.165, 1.54) is 19.2 Å². The molecule has 226 valence electrons. The Balaban J connectivity index is 1.49. The van der Waals surface area contributed by atoms with Crippen molar-refractivity contribution in [1.29, 1.82) is 0 Å². The highest BCUT2D eigenvalue weighted by atomic mass is 19.1. The molecular weight excluding hydrogens is 561 g/mol. The van der Waals surface area contributed by atoms with Crippen molar-refractivity contribution in [2.24, 2.45) is 4.99 Å². The normalized spacial score (nSPS) is 16.7. The van der Waals surface area contributed by atoms with Crippen LogP contribution in [0.1, 0.15) is 41.2 Å². The number of hydrogen-bond donors (Lipinski definition) is 3. The molecule has 0 spiro atoms. The Morgan fingerprint density at radius 2 is 1.68 bits per heavy atom. The molecule has 1 fully saturated rings. The van der Waals surface area contributed by atoms with E-state index in [0.29, 0.717) is 29.8 Å². The number of carboxylic acid groups (broad SMARTS) is 1. The lowest BCUT2D eigenvalue weighted by molar-refractivity contribution is -0.141. The highest BCUT2D eigenvalue weighted by molar-refractivity contribution is 6.17. The van der Waals surface area contributed by atoms with Gasteiger partial charge in [-0.25, -0.2) is 9.18 Å². The lowest BCUT2D eigenvalue weighted by Crippen LogP contribution is -2.39. The molecule has 8 nitrogen and oxygen atoms in total. The summed E-state index contributed by atoms with van der Waals surface area (Å²) in [6.45, 7) is 1.46. The van der Waals surface area contributed by atoms with E-state index in [1.54, 1.807) is 48.5 Å². The second-order valence-corrected chi connectivity index (χ2v) is 10.6. The van der Waals surface area contributed by atoms with Gasteiger partial charge in [0.1, 0.15) is 6.10 Å². The third kappa shape index (κ3) is 7.02. The lowest BCUT2D eigenvalue weighted by atomic mass is 9.97. The van der Waals surface area contributed by atoms with Crippen LogP contribution in [0.2, 0.25) is 0 Å². The molecule has 3 N–H and O–H groups in total. The van der Waals surface area contributed by atoms with Gasteiger partial charge < -0.3 is 20.3 Å². The second kappa shape index (κ2) is 14.1. The number of carbonyl (C=O) groups excluding carboxylic acids is 1. The molecule has 1 amide bonds. The van der Waals surface area contributed by atoms with Crippen molar-refractivity contribution in [3.8, 4) is 5.75 Å². The van der Waals surface area contributed by atoms with Gasteiger partial charge in [0.2, 0.25) is 5.91 Å². The number of para-hydroxylation sites is 1. The van der Waals surface area contributed by atoms with Crippen molar-refractivity contribution in [2.45, 2.75) is 37.6 Å². The number of aliphatic carboxylic acids is 1. The first kappa shape index (κ1) is 30.6. The number of hydrogen-bond acceptors (Lipinski definition) is 6. The molecule has 5 rings (SSSR count). The van der Waals surface area contributed by atoms with Gasteiger partial charge in [-0.2, -0.15) is 0 Å². The highest BCUT2D eigenvalue weighted by Gasteiger charge is 2.32. The minimum Gasteiger partial charge on any atom is -0.494 e. The third-order valence-electron chi connectivity index (χ3n) is 7.72. The number of aliphatic hydroxyl groups is 1. The smallest absolute Gasteiger partial charge is 0.331 e. The van der Waals surface area contributed by atoms with Gasteiger partial charge in [0.05, 0.1) is 24.6 Å². The Kier molecular flexibility index (Phi) is 9.79. The maximum atomic E-state index is 14.5. The fourth-order valence-corrected chi connectivity index (χ4v) is 5.49. The number of carboxylic acids is 1. The van der Waals surface area contributed by atoms with E-state index < -0.39 is 23.9 Å². The quantitative estimate of drug-likeness (QED) is 0.199. The van der Waals surface area contributed by atoms with E-state index in [2.05, 4.69) is 15.2 Å². The first-order chi connectivity index (χ1) is 21.4. The summed E-state index contributed by atoms with van der Waals surface area (Å²) >= 11 is 0. The molecule has 1 heterocycles. The van der Waals surface area contributed by atoms with E-state index in [0.717, 1.165) is 24.6 Å². The molecular formula is C35H34FN3O5. The van der Waals surface area contributed by atoms with Crippen LogP contribution in [0.25, 0.3) is 0 Å². The average Bonchev–Trinajstić information content (AvgIpc) is 3.50. The summed E-state index contributed by atoms with van der Waals surface area (Å²) in [5.74, 6) is -2.33. The number of aliphatic imine (C=N–C) groups is 1. The predicted molar refractivity (Wildman–Crippen MR) is 166 cm³/mol.